The lowest BCUT2D eigenvalue weighted by atomic mass is 9.91. The normalized spacial score (nSPS) is 11.9. The Bertz CT molecular complexity index is 3860. The first kappa shape index (κ1) is 33.7. The molecule has 0 bridgehead atoms. The third-order valence-electron chi connectivity index (χ3n) is 12.5. The largest absolute Gasteiger partial charge is 0.456 e. The van der Waals surface area contributed by atoms with Crippen LogP contribution in [0.4, 0.5) is 0 Å². The Balaban J connectivity index is 1.09. The van der Waals surface area contributed by atoms with Gasteiger partial charge in [0.05, 0.1) is 33.3 Å². The van der Waals surface area contributed by atoms with E-state index in [4.69, 9.17) is 9.40 Å². The van der Waals surface area contributed by atoms with Crippen molar-refractivity contribution >= 4 is 76.5 Å². The maximum Gasteiger partial charge on any atom is 0.137 e. The molecule has 0 N–H and O–H groups in total. The summed E-state index contributed by atoms with van der Waals surface area (Å²) in [5, 5.41) is 8.18. The van der Waals surface area contributed by atoms with Crippen molar-refractivity contribution in [3.05, 3.63) is 212 Å². The second-order valence-corrected chi connectivity index (χ2v) is 15.9. The lowest BCUT2D eigenvalue weighted by Crippen LogP contribution is -1.95. The van der Waals surface area contributed by atoms with Crippen molar-refractivity contribution in [2.24, 2.45) is 0 Å². The standard InChI is InChI=1S/C57H35N3O/c1-4-16-36(17-5-1)38-32-47(46-35-49(37-18-6-2-7-19-37)58-48-25-13-10-22-41(46)48)55-45-29-28-40(34-53(45)61-54(55)33-38)59-51-27-15-12-24-44(51)56-52(59)31-30-43-42-23-11-14-26-50(42)60(57(43)56)39-20-8-3-9-21-39/h1-35H. The molecule has 13 rings (SSSR count). The van der Waals surface area contributed by atoms with Gasteiger partial charge in [-0.1, -0.05) is 140 Å². The summed E-state index contributed by atoms with van der Waals surface area (Å²) in [6.45, 7) is 0. The lowest BCUT2D eigenvalue weighted by Gasteiger charge is -2.13. The van der Waals surface area contributed by atoms with Gasteiger partial charge in [0.2, 0.25) is 0 Å². The zero-order valence-corrected chi connectivity index (χ0v) is 33.0. The van der Waals surface area contributed by atoms with Crippen LogP contribution in [-0.2, 0) is 0 Å². The number of pyridine rings is 1. The molecule has 4 aromatic heterocycles. The average Bonchev–Trinajstić information content (AvgIpc) is 3.99. The van der Waals surface area contributed by atoms with Gasteiger partial charge in [-0.15, -0.1) is 0 Å². The number of hydrogen-bond acceptors (Lipinski definition) is 2. The number of para-hydroxylation sites is 4. The predicted octanol–water partition coefficient (Wildman–Crippen LogP) is 15.3. The summed E-state index contributed by atoms with van der Waals surface area (Å²) in [6.07, 6.45) is 0. The van der Waals surface area contributed by atoms with E-state index in [0.29, 0.717) is 0 Å². The van der Waals surface area contributed by atoms with E-state index in [1.807, 2.05) is 0 Å². The van der Waals surface area contributed by atoms with Crippen molar-refractivity contribution in [2.45, 2.75) is 0 Å². The van der Waals surface area contributed by atoms with Gasteiger partial charge in [0.15, 0.2) is 0 Å². The van der Waals surface area contributed by atoms with E-state index in [2.05, 4.69) is 221 Å². The summed E-state index contributed by atoms with van der Waals surface area (Å²) in [5.74, 6) is 0. The third-order valence-corrected chi connectivity index (χ3v) is 12.5. The molecule has 0 fully saturated rings. The van der Waals surface area contributed by atoms with Gasteiger partial charge in [-0.3, -0.25) is 0 Å². The number of aromatic nitrogens is 3. The minimum atomic E-state index is 0.839. The highest BCUT2D eigenvalue weighted by atomic mass is 16.3. The van der Waals surface area contributed by atoms with Crippen molar-refractivity contribution in [3.63, 3.8) is 0 Å². The van der Waals surface area contributed by atoms with Crippen LogP contribution in [0.1, 0.15) is 0 Å². The fourth-order valence-electron chi connectivity index (χ4n) is 9.83. The summed E-state index contributed by atoms with van der Waals surface area (Å²) in [7, 11) is 0. The molecular weight excluding hydrogens is 743 g/mol. The Morgan fingerprint density at radius 2 is 0.984 bits per heavy atom. The summed E-state index contributed by atoms with van der Waals surface area (Å²) >= 11 is 0. The van der Waals surface area contributed by atoms with Crippen molar-refractivity contribution in [1.82, 2.24) is 14.1 Å². The molecule has 0 atom stereocenters. The highest BCUT2D eigenvalue weighted by Crippen LogP contribution is 2.45. The summed E-state index contributed by atoms with van der Waals surface area (Å²) < 4.78 is 11.9. The molecule has 0 aliphatic heterocycles. The fraction of sp³-hybridized carbons (Fsp3) is 0. The van der Waals surface area contributed by atoms with Crippen LogP contribution in [0.25, 0.3) is 121 Å². The van der Waals surface area contributed by atoms with Crippen LogP contribution < -0.4 is 0 Å². The van der Waals surface area contributed by atoms with Gasteiger partial charge in [0, 0.05) is 60.7 Å². The topological polar surface area (TPSA) is 35.9 Å². The van der Waals surface area contributed by atoms with E-state index < -0.39 is 0 Å². The van der Waals surface area contributed by atoms with Crippen LogP contribution >= 0.6 is 0 Å². The smallest absolute Gasteiger partial charge is 0.137 e. The summed E-state index contributed by atoms with van der Waals surface area (Å²) in [5.41, 5.74) is 16.0. The van der Waals surface area contributed by atoms with E-state index in [1.54, 1.807) is 0 Å². The molecule has 0 radical (unpaired) electrons. The van der Waals surface area contributed by atoms with E-state index >= 15 is 0 Å². The molecule has 4 nitrogen and oxygen atoms in total. The Labute approximate surface area is 350 Å². The Hall–Kier alpha value is -8.21. The maximum atomic E-state index is 7.02. The second-order valence-electron chi connectivity index (χ2n) is 15.9. The molecule has 0 saturated heterocycles. The summed E-state index contributed by atoms with van der Waals surface area (Å²) in [6, 6.07) is 75.9. The first-order chi connectivity index (χ1) is 30.3. The Kier molecular flexibility index (Phi) is 7.27. The number of furan rings is 1. The molecule has 0 amide bonds. The Morgan fingerprint density at radius 3 is 1.77 bits per heavy atom. The number of benzene rings is 9. The van der Waals surface area contributed by atoms with E-state index in [-0.39, 0.29) is 0 Å². The zero-order valence-electron chi connectivity index (χ0n) is 33.0. The minimum Gasteiger partial charge on any atom is -0.456 e. The minimum absolute atomic E-state index is 0.839. The quantitative estimate of drug-likeness (QED) is 0.174. The van der Waals surface area contributed by atoms with Crippen molar-refractivity contribution in [2.75, 3.05) is 0 Å². The molecule has 4 heteroatoms. The lowest BCUT2D eigenvalue weighted by molar-refractivity contribution is 0.669. The molecule has 284 valence electrons. The highest BCUT2D eigenvalue weighted by molar-refractivity contribution is 6.26. The molecule has 0 aliphatic rings. The molecule has 61 heavy (non-hydrogen) atoms. The van der Waals surface area contributed by atoms with E-state index in [0.717, 1.165) is 88.8 Å². The van der Waals surface area contributed by atoms with Gasteiger partial charge < -0.3 is 13.6 Å². The molecule has 9 aromatic carbocycles. The Morgan fingerprint density at radius 1 is 0.344 bits per heavy atom. The SMILES string of the molecule is c1ccc(-c2cc(-c3cc(-c4ccccc4)nc4ccccc34)c3c(c2)oc2cc(-n4c5ccccc5c5c4ccc4c6ccccc6n(-c6ccccc6)c45)ccc23)cc1. The van der Waals surface area contributed by atoms with Crippen LogP contribution in [0.5, 0.6) is 0 Å². The van der Waals surface area contributed by atoms with Crippen LogP contribution in [0.3, 0.4) is 0 Å². The van der Waals surface area contributed by atoms with Crippen LogP contribution in [-0.4, -0.2) is 14.1 Å². The molecule has 0 aliphatic carbocycles. The molecular formula is C57H35N3O. The number of rotatable bonds is 5. The molecule has 0 saturated carbocycles. The first-order valence-corrected chi connectivity index (χ1v) is 20.8. The predicted molar refractivity (Wildman–Crippen MR) is 254 cm³/mol. The van der Waals surface area contributed by atoms with Crippen molar-refractivity contribution < 1.29 is 4.42 Å². The average molecular weight is 778 g/mol. The van der Waals surface area contributed by atoms with Gasteiger partial charge in [0.25, 0.3) is 0 Å². The van der Waals surface area contributed by atoms with Crippen LogP contribution in [0, 0.1) is 0 Å². The number of fused-ring (bicyclic) bond motifs is 11. The van der Waals surface area contributed by atoms with Gasteiger partial charge in [-0.2, -0.15) is 0 Å². The molecule has 0 spiro atoms. The zero-order chi connectivity index (χ0) is 40.0. The molecule has 0 unspecified atom stereocenters. The third kappa shape index (κ3) is 5.09. The van der Waals surface area contributed by atoms with E-state index in [9.17, 15) is 0 Å². The first-order valence-electron chi connectivity index (χ1n) is 20.8. The van der Waals surface area contributed by atoms with Crippen molar-refractivity contribution in [1.29, 1.82) is 0 Å². The van der Waals surface area contributed by atoms with Gasteiger partial charge in [-0.25, -0.2) is 4.98 Å². The number of nitrogens with zero attached hydrogens (tertiary/aromatic N) is 3. The second kappa shape index (κ2) is 13.2. The van der Waals surface area contributed by atoms with Gasteiger partial charge >= 0.3 is 0 Å². The number of hydrogen-bond donors (Lipinski definition) is 0. The van der Waals surface area contributed by atoms with Crippen LogP contribution in [0.15, 0.2) is 217 Å². The van der Waals surface area contributed by atoms with Crippen LogP contribution in [0.2, 0.25) is 0 Å². The molecule has 4 heterocycles. The van der Waals surface area contributed by atoms with E-state index in [1.165, 1.54) is 32.6 Å². The monoisotopic (exact) mass is 777 g/mol. The maximum absolute atomic E-state index is 7.02. The fourth-order valence-corrected chi connectivity index (χ4v) is 9.83. The summed E-state index contributed by atoms with van der Waals surface area (Å²) in [4.78, 5) is 5.16. The van der Waals surface area contributed by atoms with Crippen molar-refractivity contribution in [3.8, 4) is 44.9 Å². The van der Waals surface area contributed by atoms with Gasteiger partial charge in [0.1, 0.15) is 11.2 Å². The highest BCUT2D eigenvalue weighted by Gasteiger charge is 2.23. The molecule has 13 aromatic rings. The van der Waals surface area contributed by atoms with Gasteiger partial charge in [-0.05, 0) is 89.0 Å².